The van der Waals surface area contributed by atoms with E-state index in [0.717, 1.165) is 40.9 Å². The average Bonchev–Trinajstić information content (AvgIpc) is 2.52. The van der Waals surface area contributed by atoms with Gasteiger partial charge in [-0.25, -0.2) is 0 Å². The van der Waals surface area contributed by atoms with Gasteiger partial charge in [-0.3, -0.25) is 9.97 Å². The highest BCUT2D eigenvalue weighted by Gasteiger charge is 2.05. The first-order chi connectivity index (χ1) is 10.3. The lowest BCUT2D eigenvalue weighted by Gasteiger charge is -2.12. The minimum Gasteiger partial charge on any atom is -0.379 e. The van der Waals surface area contributed by atoms with Gasteiger partial charge in [0, 0.05) is 23.0 Å². The summed E-state index contributed by atoms with van der Waals surface area (Å²) >= 11 is 0. The van der Waals surface area contributed by atoms with E-state index in [4.69, 9.17) is 0 Å². The van der Waals surface area contributed by atoms with E-state index in [1.165, 1.54) is 5.56 Å². The van der Waals surface area contributed by atoms with Crippen LogP contribution >= 0.6 is 0 Å². The van der Waals surface area contributed by atoms with Crippen molar-refractivity contribution in [3.8, 4) is 0 Å². The monoisotopic (exact) mass is 277 g/mol. The Hall–Kier alpha value is -2.42. The van der Waals surface area contributed by atoms with Gasteiger partial charge in [-0.2, -0.15) is 0 Å². The number of hydrogen-bond acceptors (Lipinski definition) is 3. The number of para-hydroxylation sites is 1. The van der Waals surface area contributed by atoms with Crippen molar-refractivity contribution in [1.82, 2.24) is 9.97 Å². The number of nitrogens with one attached hydrogen (secondary N) is 1. The predicted molar refractivity (Wildman–Crippen MR) is 87.4 cm³/mol. The Labute approximate surface area is 125 Å². The first-order valence-corrected chi connectivity index (χ1v) is 7.31. The SMILES string of the molecule is CCc1cccnc1CNc1cc(C)nc2ccccc12. The normalized spacial score (nSPS) is 10.8. The van der Waals surface area contributed by atoms with Crippen LogP contribution in [0.3, 0.4) is 0 Å². The highest BCUT2D eigenvalue weighted by molar-refractivity contribution is 5.91. The lowest BCUT2D eigenvalue weighted by Crippen LogP contribution is -2.05. The molecule has 0 fully saturated rings. The van der Waals surface area contributed by atoms with Gasteiger partial charge in [-0.05, 0) is 37.1 Å². The van der Waals surface area contributed by atoms with Gasteiger partial charge in [-0.1, -0.05) is 31.2 Å². The summed E-state index contributed by atoms with van der Waals surface area (Å²) in [6.07, 6.45) is 2.85. The standard InChI is InChI=1S/C18H19N3/c1-3-14-7-6-10-19-18(14)12-20-17-11-13(2)21-16-9-5-4-8-15(16)17/h4-11H,3,12H2,1-2H3,(H,20,21). The third-order valence-electron chi connectivity index (χ3n) is 3.66. The van der Waals surface area contributed by atoms with Gasteiger partial charge in [0.25, 0.3) is 0 Å². The van der Waals surface area contributed by atoms with Crippen molar-refractivity contribution >= 4 is 16.6 Å². The Morgan fingerprint density at radius 2 is 1.95 bits per heavy atom. The summed E-state index contributed by atoms with van der Waals surface area (Å²) in [7, 11) is 0. The van der Waals surface area contributed by atoms with Gasteiger partial charge in [0.05, 0.1) is 17.8 Å². The van der Waals surface area contributed by atoms with Crippen LogP contribution in [0, 0.1) is 6.92 Å². The average molecular weight is 277 g/mol. The Bertz CT molecular complexity index is 765. The molecule has 0 bridgehead atoms. The van der Waals surface area contributed by atoms with Crippen molar-refractivity contribution in [2.75, 3.05) is 5.32 Å². The number of fused-ring (bicyclic) bond motifs is 1. The summed E-state index contributed by atoms with van der Waals surface area (Å²) in [5, 5.41) is 4.67. The maximum absolute atomic E-state index is 4.57. The molecule has 0 unspecified atom stereocenters. The van der Waals surface area contributed by atoms with E-state index >= 15 is 0 Å². The lowest BCUT2D eigenvalue weighted by molar-refractivity contribution is 0.972. The molecular weight excluding hydrogens is 258 g/mol. The summed E-state index contributed by atoms with van der Waals surface area (Å²) < 4.78 is 0. The number of rotatable bonds is 4. The van der Waals surface area contributed by atoms with Gasteiger partial charge in [-0.15, -0.1) is 0 Å². The second-order valence-corrected chi connectivity index (χ2v) is 5.14. The van der Waals surface area contributed by atoms with Crippen molar-refractivity contribution in [1.29, 1.82) is 0 Å². The zero-order valence-corrected chi connectivity index (χ0v) is 12.4. The molecule has 0 atom stereocenters. The first-order valence-electron chi connectivity index (χ1n) is 7.31. The molecular formula is C18H19N3. The molecule has 0 aliphatic heterocycles. The molecule has 0 aliphatic rings. The number of aryl methyl sites for hydroxylation is 2. The lowest BCUT2D eigenvalue weighted by atomic mass is 10.1. The van der Waals surface area contributed by atoms with Crippen molar-refractivity contribution in [2.45, 2.75) is 26.8 Å². The number of anilines is 1. The minimum atomic E-state index is 0.734. The van der Waals surface area contributed by atoms with E-state index in [1.54, 1.807) is 0 Å². The molecule has 3 rings (SSSR count). The van der Waals surface area contributed by atoms with Gasteiger partial charge >= 0.3 is 0 Å². The van der Waals surface area contributed by atoms with Crippen molar-refractivity contribution in [3.05, 3.63) is 65.6 Å². The zero-order chi connectivity index (χ0) is 14.7. The van der Waals surface area contributed by atoms with E-state index in [9.17, 15) is 0 Å². The van der Waals surface area contributed by atoms with Crippen LogP contribution in [0.1, 0.15) is 23.9 Å². The Kier molecular flexibility index (Phi) is 3.82. The molecule has 21 heavy (non-hydrogen) atoms. The zero-order valence-electron chi connectivity index (χ0n) is 12.4. The Balaban J connectivity index is 1.92. The molecule has 3 nitrogen and oxygen atoms in total. The maximum atomic E-state index is 4.57. The predicted octanol–water partition coefficient (Wildman–Crippen LogP) is 4.11. The van der Waals surface area contributed by atoms with Crippen LogP contribution in [0.4, 0.5) is 5.69 Å². The summed E-state index contributed by atoms with van der Waals surface area (Å²) in [5.74, 6) is 0. The largest absolute Gasteiger partial charge is 0.379 e. The molecule has 1 N–H and O–H groups in total. The quantitative estimate of drug-likeness (QED) is 0.779. The second kappa shape index (κ2) is 5.92. The third-order valence-corrected chi connectivity index (χ3v) is 3.66. The summed E-state index contributed by atoms with van der Waals surface area (Å²) in [6.45, 7) is 4.92. The summed E-state index contributed by atoms with van der Waals surface area (Å²) in [5.41, 5.74) is 5.56. The summed E-state index contributed by atoms with van der Waals surface area (Å²) in [6, 6.07) is 14.4. The van der Waals surface area contributed by atoms with Crippen LogP contribution in [0.5, 0.6) is 0 Å². The van der Waals surface area contributed by atoms with Crippen LogP contribution in [0.15, 0.2) is 48.7 Å². The van der Waals surface area contributed by atoms with Crippen LogP contribution in [-0.4, -0.2) is 9.97 Å². The van der Waals surface area contributed by atoms with Gasteiger partial charge in [0.15, 0.2) is 0 Å². The highest BCUT2D eigenvalue weighted by Crippen LogP contribution is 2.23. The van der Waals surface area contributed by atoms with Crippen molar-refractivity contribution in [2.24, 2.45) is 0 Å². The molecule has 0 spiro atoms. The van der Waals surface area contributed by atoms with Gasteiger partial charge < -0.3 is 5.32 Å². The molecule has 0 saturated carbocycles. The molecule has 0 aliphatic carbocycles. The van der Waals surface area contributed by atoms with E-state index in [-0.39, 0.29) is 0 Å². The van der Waals surface area contributed by atoms with Crippen molar-refractivity contribution < 1.29 is 0 Å². The minimum absolute atomic E-state index is 0.734. The highest BCUT2D eigenvalue weighted by atomic mass is 14.9. The molecule has 0 amide bonds. The van der Waals surface area contributed by atoms with Crippen LogP contribution in [0.2, 0.25) is 0 Å². The van der Waals surface area contributed by atoms with Crippen molar-refractivity contribution in [3.63, 3.8) is 0 Å². The molecule has 106 valence electrons. The molecule has 0 saturated heterocycles. The number of aromatic nitrogens is 2. The number of hydrogen-bond donors (Lipinski definition) is 1. The molecule has 3 aromatic rings. The molecule has 0 radical (unpaired) electrons. The molecule has 2 aromatic heterocycles. The summed E-state index contributed by atoms with van der Waals surface area (Å²) in [4.78, 5) is 9.06. The first kappa shape index (κ1) is 13.6. The third kappa shape index (κ3) is 2.87. The maximum Gasteiger partial charge on any atom is 0.0725 e. The van der Waals surface area contributed by atoms with Crippen LogP contribution in [0.25, 0.3) is 10.9 Å². The second-order valence-electron chi connectivity index (χ2n) is 5.14. The fraction of sp³-hybridized carbons (Fsp3) is 0.222. The van der Waals surface area contributed by atoms with E-state index in [2.05, 4.69) is 40.4 Å². The molecule has 3 heteroatoms. The smallest absolute Gasteiger partial charge is 0.0725 e. The molecule has 2 heterocycles. The van der Waals surface area contributed by atoms with Gasteiger partial charge in [0.2, 0.25) is 0 Å². The van der Waals surface area contributed by atoms with E-state index in [1.807, 2.05) is 37.4 Å². The number of benzene rings is 1. The Morgan fingerprint density at radius 1 is 1.10 bits per heavy atom. The Morgan fingerprint density at radius 3 is 2.81 bits per heavy atom. The fourth-order valence-electron chi connectivity index (χ4n) is 2.59. The van der Waals surface area contributed by atoms with Gasteiger partial charge in [0.1, 0.15) is 0 Å². The van der Waals surface area contributed by atoms with Crippen LogP contribution < -0.4 is 5.32 Å². The van der Waals surface area contributed by atoms with Crippen LogP contribution in [-0.2, 0) is 13.0 Å². The fourth-order valence-corrected chi connectivity index (χ4v) is 2.59. The number of pyridine rings is 2. The molecule has 1 aromatic carbocycles. The van der Waals surface area contributed by atoms with E-state index < -0.39 is 0 Å². The topological polar surface area (TPSA) is 37.8 Å². The number of nitrogens with zero attached hydrogens (tertiary/aromatic N) is 2. The van der Waals surface area contributed by atoms with E-state index in [0.29, 0.717) is 0 Å².